The summed E-state index contributed by atoms with van der Waals surface area (Å²) in [6.45, 7) is 3.21. The fraction of sp³-hybridized carbons (Fsp3) is 0.235. The first-order chi connectivity index (χ1) is 11.4. The predicted molar refractivity (Wildman–Crippen MR) is 90.2 cm³/mol. The molecule has 0 aliphatic carbocycles. The van der Waals surface area contributed by atoms with Crippen molar-refractivity contribution >= 4 is 27.5 Å². The van der Waals surface area contributed by atoms with E-state index in [1.165, 1.54) is 17.4 Å². The molecule has 0 bridgehead atoms. The minimum atomic E-state index is -1.14. The second kappa shape index (κ2) is 6.16. The molecule has 0 amide bonds. The SMILES string of the molecule is Cc1sc2nc(Cc3ccccc3F)n(CC(=O)O)c(=O)c2c1C. The van der Waals surface area contributed by atoms with Gasteiger partial charge in [0.2, 0.25) is 0 Å². The van der Waals surface area contributed by atoms with Gasteiger partial charge in [0, 0.05) is 11.3 Å². The number of rotatable bonds is 4. The van der Waals surface area contributed by atoms with Crippen molar-refractivity contribution in [3.05, 3.63) is 62.3 Å². The molecule has 2 heterocycles. The van der Waals surface area contributed by atoms with Crippen LogP contribution in [0.2, 0.25) is 0 Å². The number of carboxylic acids is 1. The Labute approximate surface area is 141 Å². The van der Waals surface area contributed by atoms with Crippen LogP contribution in [0, 0.1) is 19.7 Å². The third kappa shape index (κ3) is 2.82. The molecular formula is C17H15FN2O3S. The number of halogens is 1. The summed E-state index contributed by atoms with van der Waals surface area (Å²) in [6.07, 6.45) is 0.0567. The van der Waals surface area contributed by atoms with Crippen LogP contribution >= 0.6 is 11.3 Å². The lowest BCUT2D eigenvalue weighted by molar-refractivity contribution is -0.137. The summed E-state index contributed by atoms with van der Waals surface area (Å²) in [6, 6.07) is 6.19. The lowest BCUT2D eigenvalue weighted by Crippen LogP contribution is -2.28. The number of aryl methyl sites for hydroxylation is 2. The number of fused-ring (bicyclic) bond motifs is 1. The average Bonchev–Trinajstić information content (AvgIpc) is 2.80. The summed E-state index contributed by atoms with van der Waals surface area (Å²) in [5.74, 6) is -1.30. The average molecular weight is 346 g/mol. The number of benzene rings is 1. The van der Waals surface area contributed by atoms with Gasteiger partial charge < -0.3 is 5.11 Å². The van der Waals surface area contributed by atoms with Gasteiger partial charge in [-0.1, -0.05) is 18.2 Å². The van der Waals surface area contributed by atoms with Gasteiger partial charge in [-0.25, -0.2) is 9.37 Å². The molecule has 0 saturated carbocycles. The molecule has 7 heteroatoms. The summed E-state index contributed by atoms with van der Waals surface area (Å²) in [7, 11) is 0. The Morgan fingerprint density at radius 2 is 2.04 bits per heavy atom. The van der Waals surface area contributed by atoms with Crippen molar-refractivity contribution in [2.45, 2.75) is 26.8 Å². The highest BCUT2D eigenvalue weighted by Crippen LogP contribution is 2.26. The van der Waals surface area contributed by atoms with E-state index in [1.807, 2.05) is 13.8 Å². The standard InChI is InChI=1S/C17H15FN2O3S/c1-9-10(2)24-16-15(9)17(23)20(8-14(21)22)13(19-16)7-11-5-3-4-6-12(11)18/h3-6H,7-8H2,1-2H3,(H,21,22). The molecule has 1 aromatic carbocycles. The van der Waals surface area contributed by atoms with Crippen molar-refractivity contribution in [3.63, 3.8) is 0 Å². The van der Waals surface area contributed by atoms with Gasteiger partial charge in [-0.2, -0.15) is 0 Å². The van der Waals surface area contributed by atoms with Crippen LogP contribution in [0.1, 0.15) is 21.8 Å². The largest absolute Gasteiger partial charge is 0.480 e. The van der Waals surface area contributed by atoms with Crippen molar-refractivity contribution in [1.82, 2.24) is 9.55 Å². The smallest absolute Gasteiger partial charge is 0.323 e. The zero-order chi connectivity index (χ0) is 17.4. The Bertz CT molecular complexity index is 1010. The van der Waals surface area contributed by atoms with Gasteiger partial charge in [0.25, 0.3) is 5.56 Å². The quantitative estimate of drug-likeness (QED) is 0.788. The number of carboxylic acid groups (broad SMARTS) is 1. The predicted octanol–water partition coefficient (Wildman–Crippen LogP) is 2.89. The minimum absolute atomic E-state index is 0.0567. The Balaban J connectivity index is 2.23. The maximum atomic E-state index is 13.9. The molecule has 1 N–H and O–H groups in total. The zero-order valence-corrected chi connectivity index (χ0v) is 14.0. The van der Waals surface area contributed by atoms with Crippen molar-refractivity contribution in [1.29, 1.82) is 0 Å². The molecule has 124 valence electrons. The van der Waals surface area contributed by atoms with Crippen LogP contribution in [0.15, 0.2) is 29.1 Å². The second-order valence-electron chi connectivity index (χ2n) is 5.54. The normalized spacial score (nSPS) is 11.1. The molecule has 0 aliphatic rings. The van der Waals surface area contributed by atoms with E-state index in [-0.39, 0.29) is 12.2 Å². The number of carbonyl (C=O) groups is 1. The first-order valence-corrected chi connectivity index (χ1v) is 8.14. The van der Waals surface area contributed by atoms with Crippen LogP contribution in [-0.2, 0) is 17.8 Å². The van der Waals surface area contributed by atoms with E-state index in [2.05, 4.69) is 4.98 Å². The Morgan fingerprint density at radius 1 is 1.33 bits per heavy atom. The van der Waals surface area contributed by atoms with Crippen molar-refractivity contribution in [3.8, 4) is 0 Å². The fourth-order valence-corrected chi connectivity index (χ4v) is 3.65. The molecule has 2 aromatic heterocycles. The number of aromatic nitrogens is 2. The molecule has 0 unspecified atom stereocenters. The Hall–Kier alpha value is -2.54. The molecule has 5 nitrogen and oxygen atoms in total. The highest BCUT2D eigenvalue weighted by Gasteiger charge is 2.18. The maximum absolute atomic E-state index is 13.9. The topological polar surface area (TPSA) is 72.2 Å². The number of hydrogen-bond donors (Lipinski definition) is 1. The lowest BCUT2D eigenvalue weighted by atomic mass is 10.1. The van der Waals surface area contributed by atoms with Gasteiger partial charge in [0.15, 0.2) is 0 Å². The van der Waals surface area contributed by atoms with E-state index in [1.54, 1.807) is 18.2 Å². The molecular weight excluding hydrogens is 331 g/mol. The Morgan fingerprint density at radius 3 is 2.71 bits per heavy atom. The molecule has 3 aromatic rings. The van der Waals surface area contributed by atoms with Crippen LogP contribution in [0.3, 0.4) is 0 Å². The van der Waals surface area contributed by atoms with Gasteiger partial charge in [-0.3, -0.25) is 14.2 Å². The van der Waals surface area contributed by atoms with Crippen LogP contribution in [0.4, 0.5) is 4.39 Å². The van der Waals surface area contributed by atoms with Crippen LogP contribution in [0.5, 0.6) is 0 Å². The molecule has 3 rings (SSSR count). The summed E-state index contributed by atoms with van der Waals surface area (Å²) in [4.78, 5) is 29.9. The summed E-state index contributed by atoms with van der Waals surface area (Å²) >= 11 is 1.38. The lowest BCUT2D eigenvalue weighted by Gasteiger charge is -2.11. The molecule has 0 atom stereocenters. The summed E-state index contributed by atoms with van der Waals surface area (Å²) in [5, 5.41) is 9.56. The van der Waals surface area contributed by atoms with E-state index < -0.39 is 23.9 Å². The summed E-state index contributed by atoms with van der Waals surface area (Å²) < 4.78 is 15.0. The molecule has 0 aliphatic heterocycles. The molecule has 0 spiro atoms. The second-order valence-corrected chi connectivity index (χ2v) is 6.75. The number of aliphatic carboxylic acids is 1. The monoisotopic (exact) mass is 346 g/mol. The molecule has 24 heavy (non-hydrogen) atoms. The van der Waals surface area contributed by atoms with Gasteiger partial charge in [-0.15, -0.1) is 11.3 Å². The highest BCUT2D eigenvalue weighted by molar-refractivity contribution is 7.18. The third-order valence-corrected chi connectivity index (χ3v) is 5.07. The fourth-order valence-electron chi connectivity index (χ4n) is 2.61. The number of thiophene rings is 1. The van der Waals surface area contributed by atoms with Crippen LogP contribution < -0.4 is 5.56 Å². The van der Waals surface area contributed by atoms with Crippen molar-refractivity contribution in [2.75, 3.05) is 0 Å². The third-order valence-electron chi connectivity index (χ3n) is 3.97. The Kier molecular flexibility index (Phi) is 4.19. The first-order valence-electron chi connectivity index (χ1n) is 7.33. The van der Waals surface area contributed by atoms with Gasteiger partial charge >= 0.3 is 5.97 Å². The van der Waals surface area contributed by atoms with Crippen LogP contribution in [0.25, 0.3) is 10.2 Å². The van der Waals surface area contributed by atoms with Crippen molar-refractivity contribution in [2.24, 2.45) is 0 Å². The molecule has 0 saturated heterocycles. The maximum Gasteiger partial charge on any atom is 0.323 e. The van der Waals surface area contributed by atoms with E-state index in [0.29, 0.717) is 15.8 Å². The number of nitrogens with zero attached hydrogens (tertiary/aromatic N) is 2. The zero-order valence-electron chi connectivity index (χ0n) is 13.2. The van der Waals surface area contributed by atoms with E-state index >= 15 is 0 Å². The first kappa shape index (κ1) is 16.3. The molecule has 0 fully saturated rings. The van der Waals surface area contributed by atoms with Crippen LogP contribution in [-0.4, -0.2) is 20.6 Å². The van der Waals surface area contributed by atoms with Gasteiger partial charge in [-0.05, 0) is 31.0 Å². The summed E-state index contributed by atoms with van der Waals surface area (Å²) in [5.41, 5.74) is 0.785. The minimum Gasteiger partial charge on any atom is -0.480 e. The molecule has 0 radical (unpaired) electrons. The van der Waals surface area contributed by atoms with Gasteiger partial charge in [0.05, 0.1) is 5.39 Å². The van der Waals surface area contributed by atoms with E-state index in [0.717, 1.165) is 15.0 Å². The van der Waals surface area contributed by atoms with Crippen molar-refractivity contribution < 1.29 is 14.3 Å². The van der Waals surface area contributed by atoms with E-state index in [4.69, 9.17) is 5.11 Å². The van der Waals surface area contributed by atoms with Gasteiger partial charge in [0.1, 0.15) is 23.0 Å². The number of hydrogen-bond acceptors (Lipinski definition) is 4. The van der Waals surface area contributed by atoms with E-state index in [9.17, 15) is 14.0 Å². The highest BCUT2D eigenvalue weighted by atomic mass is 32.1.